The quantitative estimate of drug-likeness (QED) is 0.913. The van der Waals surface area contributed by atoms with Crippen LogP contribution in [0.25, 0.3) is 0 Å². The minimum absolute atomic E-state index is 0.0830. The number of anilines is 1. The Kier molecular flexibility index (Phi) is 4.71. The van der Waals surface area contributed by atoms with Gasteiger partial charge >= 0.3 is 0 Å². The Morgan fingerprint density at radius 3 is 2.36 bits per heavy atom. The Morgan fingerprint density at radius 1 is 1.23 bits per heavy atom. The van der Waals surface area contributed by atoms with Gasteiger partial charge in [0.1, 0.15) is 5.78 Å². The summed E-state index contributed by atoms with van der Waals surface area (Å²) in [6.45, 7) is 10.9. The Balaban J connectivity index is 2.24. The first-order valence-electron chi connectivity index (χ1n) is 7.85. The van der Waals surface area contributed by atoms with Gasteiger partial charge in [-0.05, 0) is 45.7 Å². The van der Waals surface area contributed by atoms with E-state index in [-0.39, 0.29) is 23.3 Å². The maximum absolute atomic E-state index is 12.8. The third-order valence-corrected chi connectivity index (χ3v) is 4.32. The van der Waals surface area contributed by atoms with Crippen LogP contribution in [0.3, 0.4) is 0 Å². The number of para-hydroxylation sites is 1. The fraction of sp³-hybridized carbons (Fsp3) is 0.556. The van der Waals surface area contributed by atoms with Crippen LogP contribution in [0, 0.1) is 13.8 Å². The number of piperidine rings is 1. The van der Waals surface area contributed by atoms with E-state index in [1.54, 1.807) is 0 Å². The lowest BCUT2D eigenvalue weighted by Gasteiger charge is -2.43. The van der Waals surface area contributed by atoms with Crippen LogP contribution < -0.4 is 5.32 Å². The summed E-state index contributed by atoms with van der Waals surface area (Å²) in [7, 11) is 0. The van der Waals surface area contributed by atoms with Crippen LogP contribution in [-0.2, 0) is 9.59 Å². The predicted molar refractivity (Wildman–Crippen MR) is 89.0 cm³/mol. The highest BCUT2D eigenvalue weighted by Gasteiger charge is 2.38. The van der Waals surface area contributed by atoms with Gasteiger partial charge in [0.25, 0.3) is 0 Å². The second-order valence-corrected chi connectivity index (χ2v) is 7.13. The zero-order chi connectivity index (χ0) is 16.5. The van der Waals surface area contributed by atoms with E-state index >= 15 is 0 Å². The average molecular weight is 302 g/mol. The summed E-state index contributed by atoms with van der Waals surface area (Å²) in [6.07, 6.45) is 0.832. The standard InChI is InChI=1S/C18H26N2O2/c1-12-7-6-8-13(2)16(12)19-17(22)15-11-14(21)9-10-20(15)18(3,4)5/h6-8,15H,9-11H2,1-5H3,(H,19,22)/t15-/m0/s1. The van der Waals surface area contributed by atoms with E-state index in [1.807, 2.05) is 32.0 Å². The van der Waals surface area contributed by atoms with Crippen molar-refractivity contribution in [3.05, 3.63) is 29.3 Å². The molecule has 4 heteroatoms. The number of likely N-dealkylation sites (tertiary alicyclic amines) is 1. The number of Topliss-reactive ketones (excluding diaryl/α,β-unsaturated/α-hetero) is 1. The number of carbonyl (C=O) groups is 2. The van der Waals surface area contributed by atoms with Gasteiger partial charge < -0.3 is 5.32 Å². The third kappa shape index (κ3) is 3.55. The lowest BCUT2D eigenvalue weighted by Crippen LogP contribution is -2.57. The van der Waals surface area contributed by atoms with Crippen molar-refractivity contribution in [2.75, 3.05) is 11.9 Å². The molecule has 0 unspecified atom stereocenters. The highest BCUT2D eigenvalue weighted by atomic mass is 16.2. The zero-order valence-corrected chi connectivity index (χ0v) is 14.2. The van der Waals surface area contributed by atoms with E-state index in [4.69, 9.17) is 0 Å². The second kappa shape index (κ2) is 6.21. The molecule has 0 aromatic heterocycles. The van der Waals surface area contributed by atoms with Crippen molar-refractivity contribution >= 4 is 17.4 Å². The van der Waals surface area contributed by atoms with E-state index in [0.717, 1.165) is 16.8 Å². The maximum Gasteiger partial charge on any atom is 0.242 e. The number of benzene rings is 1. The zero-order valence-electron chi connectivity index (χ0n) is 14.2. The molecule has 2 rings (SSSR count). The highest BCUT2D eigenvalue weighted by Crippen LogP contribution is 2.26. The Morgan fingerprint density at radius 2 is 1.82 bits per heavy atom. The number of amides is 1. The van der Waals surface area contributed by atoms with Gasteiger partial charge in [0.15, 0.2) is 0 Å². The monoisotopic (exact) mass is 302 g/mol. The molecular weight excluding hydrogens is 276 g/mol. The number of hydrogen-bond acceptors (Lipinski definition) is 3. The van der Waals surface area contributed by atoms with E-state index in [9.17, 15) is 9.59 Å². The van der Waals surface area contributed by atoms with Crippen LogP contribution >= 0.6 is 0 Å². The number of ketones is 1. The topological polar surface area (TPSA) is 49.4 Å². The minimum atomic E-state index is -0.389. The fourth-order valence-electron chi connectivity index (χ4n) is 3.08. The molecule has 1 fully saturated rings. The molecule has 1 aliphatic heterocycles. The molecule has 0 radical (unpaired) electrons. The van der Waals surface area contributed by atoms with Gasteiger partial charge in [-0.25, -0.2) is 0 Å². The molecule has 1 amide bonds. The van der Waals surface area contributed by atoms with E-state index in [1.165, 1.54) is 0 Å². The largest absolute Gasteiger partial charge is 0.324 e. The fourth-order valence-corrected chi connectivity index (χ4v) is 3.08. The first kappa shape index (κ1) is 16.7. The summed E-state index contributed by atoms with van der Waals surface area (Å²) in [5, 5.41) is 3.04. The predicted octanol–water partition coefficient (Wildman–Crippen LogP) is 3.07. The van der Waals surface area contributed by atoms with Crippen molar-refractivity contribution in [1.29, 1.82) is 0 Å². The van der Waals surface area contributed by atoms with Gasteiger partial charge in [-0.15, -0.1) is 0 Å². The van der Waals surface area contributed by atoms with Crippen molar-refractivity contribution < 1.29 is 9.59 Å². The van der Waals surface area contributed by atoms with Crippen LogP contribution in [-0.4, -0.2) is 34.7 Å². The number of hydrogen-bond donors (Lipinski definition) is 1. The van der Waals surface area contributed by atoms with Crippen molar-refractivity contribution in [1.82, 2.24) is 4.90 Å². The Bertz CT molecular complexity index is 567. The Hall–Kier alpha value is -1.68. The highest BCUT2D eigenvalue weighted by molar-refractivity contribution is 5.99. The summed E-state index contributed by atoms with van der Waals surface area (Å²) in [4.78, 5) is 26.7. The molecule has 1 N–H and O–H groups in total. The lowest BCUT2D eigenvalue weighted by atomic mass is 9.93. The molecule has 1 atom stereocenters. The van der Waals surface area contributed by atoms with Crippen molar-refractivity contribution in [3.8, 4) is 0 Å². The molecule has 22 heavy (non-hydrogen) atoms. The van der Waals surface area contributed by atoms with E-state index < -0.39 is 0 Å². The molecule has 0 aliphatic carbocycles. The number of carbonyl (C=O) groups excluding carboxylic acids is 2. The molecule has 1 aliphatic rings. The molecule has 120 valence electrons. The molecule has 4 nitrogen and oxygen atoms in total. The smallest absolute Gasteiger partial charge is 0.242 e. The van der Waals surface area contributed by atoms with Gasteiger partial charge in [0.2, 0.25) is 5.91 Å². The summed E-state index contributed by atoms with van der Waals surface area (Å²) in [5.41, 5.74) is 2.80. The normalized spacial score (nSPS) is 20.0. The molecule has 1 saturated heterocycles. The average Bonchev–Trinajstić information content (AvgIpc) is 2.41. The molecule has 0 saturated carbocycles. The minimum Gasteiger partial charge on any atom is -0.324 e. The van der Waals surface area contributed by atoms with Crippen LogP contribution in [0.15, 0.2) is 18.2 Å². The molecule has 1 heterocycles. The maximum atomic E-state index is 12.8. The lowest BCUT2D eigenvalue weighted by molar-refractivity contribution is -0.134. The van der Waals surface area contributed by atoms with Crippen LogP contribution in [0.1, 0.15) is 44.7 Å². The van der Waals surface area contributed by atoms with Gasteiger partial charge in [0.05, 0.1) is 6.04 Å². The van der Waals surface area contributed by atoms with Crippen molar-refractivity contribution in [2.45, 2.75) is 59.0 Å². The third-order valence-electron chi connectivity index (χ3n) is 4.32. The molecule has 0 bridgehead atoms. The van der Waals surface area contributed by atoms with Crippen LogP contribution in [0.5, 0.6) is 0 Å². The number of nitrogens with zero attached hydrogens (tertiary/aromatic N) is 1. The summed E-state index contributed by atoms with van der Waals surface area (Å²) in [5.74, 6) is 0.0857. The van der Waals surface area contributed by atoms with Crippen molar-refractivity contribution in [3.63, 3.8) is 0 Å². The first-order chi connectivity index (χ1) is 10.2. The number of nitrogens with one attached hydrogen (secondary N) is 1. The van der Waals surface area contributed by atoms with E-state index in [2.05, 4.69) is 31.0 Å². The van der Waals surface area contributed by atoms with Gasteiger partial charge in [-0.3, -0.25) is 14.5 Å². The number of aryl methyl sites for hydroxylation is 2. The second-order valence-electron chi connectivity index (χ2n) is 7.13. The summed E-state index contributed by atoms with van der Waals surface area (Å²) in [6, 6.07) is 5.55. The summed E-state index contributed by atoms with van der Waals surface area (Å²) < 4.78 is 0. The van der Waals surface area contributed by atoms with Crippen LogP contribution in [0.2, 0.25) is 0 Å². The molecule has 1 aromatic rings. The summed E-state index contributed by atoms with van der Waals surface area (Å²) >= 11 is 0. The van der Waals surface area contributed by atoms with E-state index in [0.29, 0.717) is 19.4 Å². The molecule has 1 aromatic carbocycles. The number of rotatable bonds is 2. The molecule has 0 spiro atoms. The first-order valence-corrected chi connectivity index (χ1v) is 7.85. The van der Waals surface area contributed by atoms with Crippen LogP contribution in [0.4, 0.5) is 5.69 Å². The van der Waals surface area contributed by atoms with Gasteiger partial charge in [-0.2, -0.15) is 0 Å². The van der Waals surface area contributed by atoms with Gasteiger partial charge in [0, 0.05) is 30.6 Å². The van der Waals surface area contributed by atoms with Crippen molar-refractivity contribution in [2.24, 2.45) is 0 Å². The Labute approximate surface area is 132 Å². The molecular formula is C18H26N2O2. The SMILES string of the molecule is Cc1cccc(C)c1NC(=O)[C@@H]1CC(=O)CCN1C(C)(C)C. The van der Waals surface area contributed by atoms with Gasteiger partial charge in [-0.1, -0.05) is 18.2 Å².